The fourth-order valence-electron chi connectivity index (χ4n) is 3.51. The van der Waals surface area contributed by atoms with E-state index in [0.717, 1.165) is 37.7 Å². The number of nitrogens with two attached hydrogens (primary N) is 1. The predicted octanol–water partition coefficient (Wildman–Crippen LogP) is 2.55. The van der Waals surface area contributed by atoms with E-state index in [1.807, 2.05) is 18.2 Å². The van der Waals surface area contributed by atoms with Crippen LogP contribution in [0.2, 0.25) is 5.02 Å². The van der Waals surface area contributed by atoms with Crippen molar-refractivity contribution in [3.8, 4) is 0 Å². The summed E-state index contributed by atoms with van der Waals surface area (Å²) in [6.07, 6.45) is 0. The van der Waals surface area contributed by atoms with Crippen LogP contribution in [0.25, 0.3) is 0 Å². The Balaban J connectivity index is 1.63. The summed E-state index contributed by atoms with van der Waals surface area (Å²) in [5, 5.41) is 0.756. The maximum atomic E-state index is 10.7. The number of halogens is 1. The van der Waals surface area contributed by atoms with Crippen molar-refractivity contribution in [2.45, 2.75) is 6.04 Å². The fraction of sp³-hybridized carbons (Fsp3) is 0.381. The van der Waals surface area contributed by atoms with Crippen molar-refractivity contribution in [3.05, 3.63) is 70.7 Å². The zero-order valence-electron chi connectivity index (χ0n) is 15.4. The Labute approximate surface area is 165 Å². The van der Waals surface area contributed by atoms with Crippen molar-refractivity contribution >= 4 is 17.5 Å². The Kier molecular flexibility index (Phi) is 7.24. The van der Waals surface area contributed by atoms with Crippen LogP contribution in [-0.4, -0.2) is 61.6 Å². The number of primary amides is 1. The number of hydrogen-bond donors (Lipinski definition) is 1. The lowest BCUT2D eigenvalue weighted by atomic mass is 9.96. The Bertz CT molecular complexity index is 716. The maximum absolute atomic E-state index is 10.7. The third-order valence-corrected chi connectivity index (χ3v) is 5.12. The van der Waals surface area contributed by atoms with E-state index in [9.17, 15) is 4.79 Å². The number of amides is 1. The van der Waals surface area contributed by atoms with Crippen LogP contribution < -0.4 is 5.73 Å². The third-order valence-electron chi connectivity index (χ3n) is 4.87. The second-order valence-electron chi connectivity index (χ2n) is 6.76. The first-order chi connectivity index (χ1) is 13.1. The van der Waals surface area contributed by atoms with Crippen LogP contribution in [0.5, 0.6) is 0 Å². The molecule has 1 aliphatic rings. The van der Waals surface area contributed by atoms with Crippen molar-refractivity contribution in [2.75, 3.05) is 45.9 Å². The number of benzene rings is 2. The Morgan fingerprint density at radius 3 is 2.26 bits per heavy atom. The molecule has 2 aromatic carbocycles. The largest absolute Gasteiger partial charge is 0.370 e. The first-order valence-electron chi connectivity index (χ1n) is 9.26. The van der Waals surface area contributed by atoms with Crippen LogP contribution in [0, 0.1) is 0 Å². The highest BCUT2D eigenvalue weighted by atomic mass is 35.5. The van der Waals surface area contributed by atoms with Crippen LogP contribution in [0.1, 0.15) is 17.2 Å². The van der Waals surface area contributed by atoms with Crippen LogP contribution in [0.15, 0.2) is 54.6 Å². The molecule has 2 N–H and O–H groups in total. The zero-order valence-corrected chi connectivity index (χ0v) is 16.1. The van der Waals surface area contributed by atoms with Gasteiger partial charge in [0.2, 0.25) is 5.91 Å². The van der Waals surface area contributed by atoms with Gasteiger partial charge in [-0.3, -0.25) is 14.6 Å². The molecule has 144 valence electrons. The van der Waals surface area contributed by atoms with Gasteiger partial charge in [-0.05, 0) is 23.3 Å². The molecule has 0 radical (unpaired) electrons. The second kappa shape index (κ2) is 9.85. The summed E-state index contributed by atoms with van der Waals surface area (Å²) < 4.78 is 5.28. The number of carbonyl (C=O) groups is 1. The summed E-state index contributed by atoms with van der Waals surface area (Å²) >= 11 is 6.09. The minimum absolute atomic E-state index is 0.00733. The van der Waals surface area contributed by atoms with Crippen molar-refractivity contribution in [1.29, 1.82) is 0 Å². The van der Waals surface area contributed by atoms with E-state index in [1.54, 1.807) is 0 Å². The fourth-order valence-corrected chi connectivity index (χ4v) is 3.63. The van der Waals surface area contributed by atoms with Crippen LogP contribution in [0.4, 0.5) is 0 Å². The van der Waals surface area contributed by atoms with Gasteiger partial charge in [0.1, 0.15) is 6.61 Å². The number of nitrogens with zero attached hydrogens (tertiary/aromatic N) is 2. The van der Waals surface area contributed by atoms with Crippen molar-refractivity contribution in [3.63, 3.8) is 0 Å². The minimum atomic E-state index is -0.423. The third kappa shape index (κ3) is 5.78. The van der Waals surface area contributed by atoms with Gasteiger partial charge in [-0.25, -0.2) is 0 Å². The van der Waals surface area contributed by atoms with Gasteiger partial charge < -0.3 is 10.5 Å². The second-order valence-corrected chi connectivity index (χ2v) is 7.20. The summed E-state index contributed by atoms with van der Waals surface area (Å²) in [5.41, 5.74) is 7.63. The molecule has 1 aliphatic heterocycles. The quantitative estimate of drug-likeness (QED) is 0.707. The highest BCUT2D eigenvalue weighted by Crippen LogP contribution is 2.30. The first kappa shape index (κ1) is 19.8. The molecule has 0 saturated carbocycles. The minimum Gasteiger partial charge on any atom is -0.370 e. The van der Waals surface area contributed by atoms with Crippen molar-refractivity contribution < 1.29 is 9.53 Å². The maximum Gasteiger partial charge on any atom is 0.243 e. The number of carbonyl (C=O) groups excluding carboxylic acids is 1. The normalized spacial score (nSPS) is 16.9. The van der Waals surface area contributed by atoms with E-state index in [1.165, 1.54) is 11.1 Å². The lowest BCUT2D eigenvalue weighted by molar-refractivity contribution is -0.122. The molecule has 0 spiro atoms. The first-order valence-corrected chi connectivity index (χ1v) is 9.64. The standard InChI is InChI=1S/C21H26ClN3O2/c22-19-8-6-18(7-9-19)21(17-4-2-1-3-5-17)25-12-10-24(11-13-25)14-15-27-16-20(23)26/h1-9,21H,10-16H2,(H2,23,26). The van der Waals surface area contributed by atoms with Gasteiger partial charge >= 0.3 is 0 Å². The molecular weight excluding hydrogens is 362 g/mol. The molecule has 1 atom stereocenters. The van der Waals surface area contributed by atoms with Gasteiger partial charge in [0.05, 0.1) is 12.6 Å². The van der Waals surface area contributed by atoms with Crippen molar-refractivity contribution in [1.82, 2.24) is 9.80 Å². The molecule has 0 aromatic heterocycles. The molecule has 27 heavy (non-hydrogen) atoms. The summed E-state index contributed by atoms with van der Waals surface area (Å²) in [6.45, 7) is 5.22. The van der Waals surface area contributed by atoms with E-state index in [2.05, 4.69) is 46.2 Å². The summed E-state index contributed by atoms with van der Waals surface area (Å²) in [5.74, 6) is -0.423. The van der Waals surface area contributed by atoms with E-state index in [-0.39, 0.29) is 12.6 Å². The van der Waals surface area contributed by atoms with E-state index < -0.39 is 5.91 Å². The number of piperazine rings is 1. The molecule has 6 heteroatoms. The van der Waals surface area contributed by atoms with Gasteiger partial charge in [-0.15, -0.1) is 0 Å². The Morgan fingerprint density at radius 1 is 1.00 bits per heavy atom. The molecule has 0 bridgehead atoms. The van der Waals surface area contributed by atoms with E-state index in [4.69, 9.17) is 22.1 Å². The van der Waals surface area contributed by atoms with Gasteiger partial charge in [0.25, 0.3) is 0 Å². The lowest BCUT2D eigenvalue weighted by Gasteiger charge is -2.39. The molecule has 5 nitrogen and oxygen atoms in total. The Morgan fingerprint density at radius 2 is 1.63 bits per heavy atom. The van der Waals surface area contributed by atoms with Gasteiger partial charge in [0, 0.05) is 37.7 Å². The van der Waals surface area contributed by atoms with Gasteiger partial charge in [0.15, 0.2) is 0 Å². The highest BCUT2D eigenvalue weighted by molar-refractivity contribution is 6.30. The number of hydrogen-bond acceptors (Lipinski definition) is 4. The average Bonchev–Trinajstić information content (AvgIpc) is 2.69. The lowest BCUT2D eigenvalue weighted by Crippen LogP contribution is -2.48. The SMILES string of the molecule is NC(=O)COCCN1CCN(C(c2ccccc2)c2ccc(Cl)cc2)CC1. The topological polar surface area (TPSA) is 58.8 Å². The molecule has 1 heterocycles. The molecule has 0 aliphatic carbocycles. The van der Waals surface area contributed by atoms with Crippen LogP contribution >= 0.6 is 11.6 Å². The Hall–Kier alpha value is -1.92. The monoisotopic (exact) mass is 387 g/mol. The molecular formula is C21H26ClN3O2. The zero-order chi connectivity index (χ0) is 19.1. The average molecular weight is 388 g/mol. The smallest absolute Gasteiger partial charge is 0.243 e. The predicted molar refractivity (Wildman–Crippen MR) is 108 cm³/mol. The molecule has 1 amide bonds. The van der Waals surface area contributed by atoms with Gasteiger partial charge in [-0.2, -0.15) is 0 Å². The van der Waals surface area contributed by atoms with E-state index >= 15 is 0 Å². The molecule has 1 fully saturated rings. The summed E-state index contributed by atoms with van der Waals surface area (Å²) in [4.78, 5) is 15.6. The summed E-state index contributed by atoms with van der Waals surface area (Å²) in [7, 11) is 0. The number of rotatable bonds is 8. The molecule has 1 saturated heterocycles. The van der Waals surface area contributed by atoms with Gasteiger partial charge in [-0.1, -0.05) is 54.1 Å². The van der Waals surface area contributed by atoms with Crippen molar-refractivity contribution in [2.24, 2.45) is 5.73 Å². The van der Waals surface area contributed by atoms with Crippen LogP contribution in [0.3, 0.4) is 0 Å². The summed E-state index contributed by atoms with van der Waals surface area (Å²) in [6, 6.07) is 19.0. The molecule has 1 unspecified atom stereocenters. The highest BCUT2D eigenvalue weighted by Gasteiger charge is 2.26. The van der Waals surface area contributed by atoms with Crippen LogP contribution in [-0.2, 0) is 9.53 Å². The molecule has 3 rings (SSSR count). The van der Waals surface area contributed by atoms with E-state index in [0.29, 0.717) is 6.61 Å². The number of ether oxygens (including phenoxy) is 1. The molecule has 2 aromatic rings.